The van der Waals surface area contributed by atoms with Crippen LogP contribution in [0.5, 0.6) is 0 Å². The van der Waals surface area contributed by atoms with E-state index in [-0.39, 0.29) is 18.8 Å². The van der Waals surface area contributed by atoms with Crippen LogP contribution in [0.4, 0.5) is 5.82 Å². The summed E-state index contributed by atoms with van der Waals surface area (Å²) < 4.78 is 1.45. The van der Waals surface area contributed by atoms with Gasteiger partial charge in [0.15, 0.2) is 0 Å². The lowest BCUT2D eigenvalue weighted by Gasteiger charge is -1.98. The molecule has 0 saturated heterocycles. The van der Waals surface area contributed by atoms with E-state index in [1.54, 1.807) is 0 Å². The highest BCUT2D eigenvalue weighted by molar-refractivity contribution is 5.66. The first kappa shape index (κ1) is 10.6. The van der Waals surface area contributed by atoms with Crippen LogP contribution in [0.2, 0.25) is 0 Å². The lowest BCUT2D eigenvalue weighted by Crippen LogP contribution is -2.08. The van der Waals surface area contributed by atoms with Crippen molar-refractivity contribution < 1.29 is 14.8 Å². The van der Waals surface area contributed by atoms with Crippen LogP contribution in [0.15, 0.2) is 6.07 Å². The number of aryl methyl sites for hydroxylation is 1. The lowest BCUT2D eigenvalue weighted by atomic mass is 10.3. The fourth-order valence-corrected chi connectivity index (χ4v) is 1.59. The van der Waals surface area contributed by atoms with Crippen molar-refractivity contribution in [2.45, 2.75) is 31.7 Å². The first-order chi connectivity index (χ1) is 7.58. The second-order valence-electron chi connectivity index (χ2n) is 3.83. The second-order valence-corrected chi connectivity index (χ2v) is 3.83. The molecule has 86 valence electrons. The Balaban J connectivity index is 2.19. The average Bonchev–Trinajstić information content (AvgIpc) is 2.95. The fraction of sp³-hybridized carbons (Fsp3) is 0.556. The molecule has 16 heavy (non-hydrogen) atoms. The van der Waals surface area contributed by atoms with Crippen LogP contribution in [0, 0.1) is 10.1 Å². The summed E-state index contributed by atoms with van der Waals surface area (Å²) in [7, 11) is 0. The van der Waals surface area contributed by atoms with Gasteiger partial charge in [0.05, 0.1) is 29.8 Å². The quantitative estimate of drug-likeness (QED) is 0.598. The number of hydrogen-bond acceptors (Lipinski definition) is 4. The van der Waals surface area contributed by atoms with Gasteiger partial charge in [-0.15, -0.1) is 0 Å². The third-order valence-electron chi connectivity index (χ3n) is 2.52. The predicted molar refractivity (Wildman–Crippen MR) is 53.1 cm³/mol. The van der Waals surface area contributed by atoms with Gasteiger partial charge in [-0.25, -0.2) is 0 Å². The summed E-state index contributed by atoms with van der Waals surface area (Å²) >= 11 is 0. The highest BCUT2D eigenvalue weighted by atomic mass is 16.6. The molecule has 0 spiro atoms. The van der Waals surface area contributed by atoms with E-state index in [2.05, 4.69) is 5.10 Å². The minimum absolute atomic E-state index is 0.0709. The SMILES string of the molecule is O=C(O)CCn1nc([N+](=O)[O-])cc1C1CC1. The first-order valence-electron chi connectivity index (χ1n) is 5.02. The highest BCUT2D eigenvalue weighted by Crippen LogP contribution is 2.41. The molecule has 0 amide bonds. The maximum atomic E-state index is 10.6. The van der Waals surface area contributed by atoms with Gasteiger partial charge in [0, 0.05) is 5.92 Å². The second kappa shape index (κ2) is 3.92. The Morgan fingerprint density at radius 1 is 1.69 bits per heavy atom. The van der Waals surface area contributed by atoms with E-state index in [4.69, 9.17) is 5.11 Å². The normalized spacial score (nSPS) is 15.0. The maximum absolute atomic E-state index is 10.6. The third kappa shape index (κ3) is 2.18. The highest BCUT2D eigenvalue weighted by Gasteiger charge is 2.31. The standard InChI is InChI=1S/C9H11N3O4/c13-9(14)3-4-11-7(6-1-2-6)5-8(10-11)12(15)16/h5-6H,1-4H2,(H,13,14). The monoisotopic (exact) mass is 225 g/mol. The molecule has 1 aliphatic rings. The molecule has 0 atom stereocenters. The van der Waals surface area contributed by atoms with Gasteiger partial charge >= 0.3 is 11.8 Å². The Morgan fingerprint density at radius 3 is 2.88 bits per heavy atom. The van der Waals surface area contributed by atoms with Gasteiger partial charge in [-0.05, 0) is 17.8 Å². The van der Waals surface area contributed by atoms with E-state index in [1.807, 2.05) is 0 Å². The van der Waals surface area contributed by atoms with Gasteiger partial charge in [-0.2, -0.15) is 4.68 Å². The van der Waals surface area contributed by atoms with E-state index in [1.165, 1.54) is 10.7 Å². The maximum Gasteiger partial charge on any atom is 0.390 e. The van der Waals surface area contributed by atoms with Gasteiger partial charge in [-0.1, -0.05) is 0 Å². The summed E-state index contributed by atoms with van der Waals surface area (Å²) in [6, 6.07) is 1.44. The van der Waals surface area contributed by atoms with Crippen LogP contribution < -0.4 is 0 Å². The predicted octanol–water partition coefficient (Wildman–Crippen LogP) is 1.14. The van der Waals surface area contributed by atoms with Crippen molar-refractivity contribution in [2.24, 2.45) is 0 Å². The summed E-state index contributed by atoms with van der Waals surface area (Å²) in [5, 5.41) is 22.9. The molecule has 7 heteroatoms. The van der Waals surface area contributed by atoms with Crippen LogP contribution >= 0.6 is 0 Å². The molecule has 1 saturated carbocycles. The summed E-state index contributed by atoms with van der Waals surface area (Å²) in [5.41, 5.74) is 0.785. The molecule has 0 radical (unpaired) electrons. The number of aromatic nitrogens is 2. The molecule has 1 aliphatic carbocycles. The molecule has 0 bridgehead atoms. The van der Waals surface area contributed by atoms with Crippen molar-refractivity contribution in [3.8, 4) is 0 Å². The number of hydrogen-bond donors (Lipinski definition) is 1. The molecular weight excluding hydrogens is 214 g/mol. The summed E-state index contributed by atoms with van der Waals surface area (Å²) in [6.45, 7) is 0.189. The Bertz CT molecular complexity index is 436. The summed E-state index contributed by atoms with van der Waals surface area (Å²) in [4.78, 5) is 20.4. The Kier molecular flexibility index (Phi) is 2.59. The first-order valence-corrected chi connectivity index (χ1v) is 5.02. The van der Waals surface area contributed by atoms with Crippen molar-refractivity contribution >= 4 is 11.8 Å². The molecule has 0 unspecified atom stereocenters. The van der Waals surface area contributed by atoms with Crippen LogP contribution in [0.3, 0.4) is 0 Å². The number of rotatable bonds is 5. The number of nitro groups is 1. The zero-order chi connectivity index (χ0) is 11.7. The number of carboxylic acids is 1. The van der Waals surface area contributed by atoms with Crippen LogP contribution in [-0.4, -0.2) is 25.8 Å². The van der Waals surface area contributed by atoms with Crippen molar-refractivity contribution in [3.05, 3.63) is 21.9 Å². The average molecular weight is 225 g/mol. The third-order valence-corrected chi connectivity index (χ3v) is 2.52. The van der Waals surface area contributed by atoms with E-state index in [0.29, 0.717) is 5.92 Å². The van der Waals surface area contributed by atoms with Gasteiger partial charge in [-0.3, -0.25) is 4.79 Å². The molecular formula is C9H11N3O4. The van der Waals surface area contributed by atoms with Crippen LogP contribution in [-0.2, 0) is 11.3 Å². The zero-order valence-corrected chi connectivity index (χ0v) is 8.50. The summed E-state index contributed by atoms with van der Waals surface area (Å²) in [6.07, 6.45) is 1.92. The molecule has 0 aromatic carbocycles. The topological polar surface area (TPSA) is 98.3 Å². The minimum atomic E-state index is -0.931. The molecule has 1 N–H and O–H groups in total. The number of carboxylic acid groups (broad SMARTS) is 1. The molecule has 1 heterocycles. The van der Waals surface area contributed by atoms with E-state index in [0.717, 1.165) is 18.5 Å². The number of carbonyl (C=O) groups is 1. The molecule has 7 nitrogen and oxygen atoms in total. The Labute approximate surface area is 90.8 Å². The molecule has 1 fully saturated rings. The van der Waals surface area contributed by atoms with Crippen molar-refractivity contribution in [1.82, 2.24) is 9.78 Å². The number of nitrogens with zero attached hydrogens (tertiary/aromatic N) is 3. The van der Waals surface area contributed by atoms with Gasteiger partial charge < -0.3 is 15.2 Å². The van der Waals surface area contributed by atoms with Crippen molar-refractivity contribution in [2.75, 3.05) is 0 Å². The Morgan fingerprint density at radius 2 is 2.38 bits per heavy atom. The largest absolute Gasteiger partial charge is 0.481 e. The Hall–Kier alpha value is -1.92. The van der Waals surface area contributed by atoms with Crippen molar-refractivity contribution in [3.63, 3.8) is 0 Å². The van der Waals surface area contributed by atoms with Crippen molar-refractivity contribution in [1.29, 1.82) is 0 Å². The molecule has 2 rings (SSSR count). The van der Waals surface area contributed by atoms with Crippen LogP contribution in [0.25, 0.3) is 0 Å². The number of aliphatic carboxylic acids is 1. The fourth-order valence-electron chi connectivity index (χ4n) is 1.59. The lowest BCUT2D eigenvalue weighted by molar-refractivity contribution is -0.389. The van der Waals surface area contributed by atoms with Crippen LogP contribution in [0.1, 0.15) is 30.9 Å². The van der Waals surface area contributed by atoms with Gasteiger partial charge in [0.1, 0.15) is 0 Å². The molecule has 0 aliphatic heterocycles. The molecule has 1 aromatic rings. The molecule has 1 aromatic heterocycles. The van der Waals surface area contributed by atoms with E-state index < -0.39 is 10.9 Å². The van der Waals surface area contributed by atoms with E-state index in [9.17, 15) is 14.9 Å². The minimum Gasteiger partial charge on any atom is -0.481 e. The van der Waals surface area contributed by atoms with Gasteiger partial charge in [0.2, 0.25) is 0 Å². The van der Waals surface area contributed by atoms with Gasteiger partial charge in [0.25, 0.3) is 0 Å². The van der Waals surface area contributed by atoms with E-state index >= 15 is 0 Å². The zero-order valence-electron chi connectivity index (χ0n) is 8.50. The summed E-state index contributed by atoms with van der Waals surface area (Å²) in [5.74, 6) is -0.817. The smallest absolute Gasteiger partial charge is 0.390 e.